The summed E-state index contributed by atoms with van der Waals surface area (Å²) < 4.78 is 11.8. The van der Waals surface area contributed by atoms with Gasteiger partial charge in [-0.2, -0.15) is 0 Å². The van der Waals surface area contributed by atoms with Gasteiger partial charge in [-0.05, 0) is 0 Å². The fourth-order valence-electron chi connectivity index (χ4n) is 1.42. The number of allylic oxidation sites excluding steroid dienone is 1. The van der Waals surface area contributed by atoms with Crippen LogP contribution in [0.2, 0.25) is 0 Å². The van der Waals surface area contributed by atoms with Crippen LogP contribution in [-0.2, 0) is 9.47 Å². The molecule has 0 aliphatic carbocycles. The molecule has 1 fully saturated rings. The quantitative estimate of drug-likeness (QED) is 0.449. The van der Waals surface area contributed by atoms with Crippen LogP contribution in [0.25, 0.3) is 0 Å². The van der Waals surface area contributed by atoms with Crippen molar-refractivity contribution in [2.45, 2.75) is 18.4 Å². The van der Waals surface area contributed by atoms with Gasteiger partial charge in [0.1, 0.15) is 0 Å². The Bertz CT molecular complexity index is 151. The van der Waals surface area contributed by atoms with E-state index in [1.54, 1.807) is 7.11 Å². The number of ether oxygens (including phenoxy) is 2. The summed E-state index contributed by atoms with van der Waals surface area (Å²) >= 11 is 2.33. The lowest BCUT2D eigenvalue weighted by molar-refractivity contribution is -0.0586. The maximum atomic E-state index is 5.51. The molecule has 0 aromatic rings. The minimum atomic E-state index is -0.0383. The Morgan fingerprint density at radius 3 is 2.67 bits per heavy atom. The summed E-state index contributed by atoms with van der Waals surface area (Å²) in [6, 6.07) is 0. The third kappa shape index (κ3) is 2.71. The molecule has 2 nitrogen and oxygen atoms in total. The minimum Gasteiger partial charge on any atom is -0.381 e. The van der Waals surface area contributed by atoms with Crippen molar-refractivity contribution in [1.29, 1.82) is 0 Å². The Balaban J connectivity index is 2.53. The van der Waals surface area contributed by atoms with Crippen molar-refractivity contribution in [3.05, 3.63) is 12.2 Å². The van der Waals surface area contributed by atoms with Crippen LogP contribution in [0.5, 0.6) is 0 Å². The second kappa shape index (κ2) is 5.19. The second-order valence-electron chi connectivity index (χ2n) is 2.94. The molecule has 1 rings (SSSR count). The molecule has 0 atom stereocenters. The highest BCUT2D eigenvalue weighted by atomic mass is 127. The van der Waals surface area contributed by atoms with Crippen LogP contribution in [-0.4, -0.2) is 30.4 Å². The maximum Gasteiger partial charge on any atom is 0.0902 e. The monoisotopic (exact) mass is 282 g/mol. The largest absolute Gasteiger partial charge is 0.381 e. The van der Waals surface area contributed by atoms with Crippen LogP contribution in [0.1, 0.15) is 12.8 Å². The van der Waals surface area contributed by atoms with Gasteiger partial charge in [0, 0.05) is 37.6 Å². The summed E-state index contributed by atoms with van der Waals surface area (Å²) in [5, 5.41) is 0. The number of methoxy groups -OCH3 is 1. The lowest BCUT2D eigenvalue weighted by Gasteiger charge is -2.33. The molecular formula is C9H15IO2. The Kier molecular flexibility index (Phi) is 4.53. The number of halogens is 1. The van der Waals surface area contributed by atoms with E-state index in [0.29, 0.717) is 0 Å². The van der Waals surface area contributed by atoms with Crippen molar-refractivity contribution in [3.63, 3.8) is 0 Å². The van der Waals surface area contributed by atoms with E-state index < -0.39 is 0 Å². The van der Waals surface area contributed by atoms with E-state index in [4.69, 9.17) is 9.47 Å². The fourth-order valence-corrected chi connectivity index (χ4v) is 1.67. The van der Waals surface area contributed by atoms with E-state index in [0.717, 1.165) is 30.5 Å². The van der Waals surface area contributed by atoms with Crippen LogP contribution in [0.15, 0.2) is 12.2 Å². The fraction of sp³-hybridized carbons (Fsp3) is 0.778. The molecule has 1 saturated heterocycles. The lowest BCUT2D eigenvalue weighted by atomic mass is 9.94. The summed E-state index contributed by atoms with van der Waals surface area (Å²) in [6.45, 7) is 1.64. The van der Waals surface area contributed by atoms with Crippen LogP contribution in [0.4, 0.5) is 0 Å². The van der Waals surface area contributed by atoms with Gasteiger partial charge < -0.3 is 9.47 Å². The Morgan fingerprint density at radius 2 is 2.17 bits per heavy atom. The highest BCUT2D eigenvalue weighted by molar-refractivity contribution is 14.1. The molecule has 0 aromatic heterocycles. The van der Waals surface area contributed by atoms with Gasteiger partial charge in [-0.1, -0.05) is 34.7 Å². The van der Waals surface area contributed by atoms with Crippen LogP contribution in [0.3, 0.4) is 0 Å². The molecule has 0 bridgehead atoms. The smallest absolute Gasteiger partial charge is 0.0902 e. The van der Waals surface area contributed by atoms with E-state index in [2.05, 4.69) is 34.7 Å². The first-order valence-electron chi connectivity index (χ1n) is 4.19. The SMILES string of the molecule is COC1(C=CCI)CCOCC1. The molecule has 70 valence electrons. The van der Waals surface area contributed by atoms with Gasteiger partial charge in [0.25, 0.3) is 0 Å². The summed E-state index contributed by atoms with van der Waals surface area (Å²) in [4.78, 5) is 0. The molecule has 0 unspecified atom stereocenters. The van der Waals surface area contributed by atoms with Gasteiger partial charge in [-0.25, -0.2) is 0 Å². The first kappa shape index (κ1) is 10.5. The predicted molar refractivity (Wildman–Crippen MR) is 57.8 cm³/mol. The number of hydrogen-bond acceptors (Lipinski definition) is 2. The van der Waals surface area contributed by atoms with Crippen molar-refractivity contribution in [2.75, 3.05) is 24.8 Å². The van der Waals surface area contributed by atoms with Crippen molar-refractivity contribution in [2.24, 2.45) is 0 Å². The van der Waals surface area contributed by atoms with Crippen LogP contribution >= 0.6 is 22.6 Å². The highest BCUT2D eigenvalue weighted by Crippen LogP contribution is 2.25. The molecule has 0 radical (unpaired) electrons. The average molecular weight is 282 g/mol. The molecule has 0 aromatic carbocycles. The van der Waals surface area contributed by atoms with Crippen molar-refractivity contribution in [1.82, 2.24) is 0 Å². The molecule has 0 N–H and O–H groups in total. The van der Waals surface area contributed by atoms with Gasteiger partial charge >= 0.3 is 0 Å². The highest BCUT2D eigenvalue weighted by Gasteiger charge is 2.28. The summed E-state index contributed by atoms with van der Waals surface area (Å²) in [7, 11) is 1.78. The van der Waals surface area contributed by atoms with Gasteiger partial charge in [0.2, 0.25) is 0 Å². The zero-order valence-electron chi connectivity index (χ0n) is 7.38. The summed E-state index contributed by atoms with van der Waals surface area (Å²) in [5.74, 6) is 0. The third-order valence-electron chi connectivity index (χ3n) is 2.26. The van der Waals surface area contributed by atoms with E-state index >= 15 is 0 Å². The Hall–Kier alpha value is 0.390. The molecule has 3 heteroatoms. The normalized spacial score (nSPS) is 23.2. The molecule has 0 spiro atoms. The number of hydrogen-bond donors (Lipinski definition) is 0. The first-order valence-corrected chi connectivity index (χ1v) is 5.72. The zero-order chi connectivity index (χ0) is 8.86. The first-order chi connectivity index (χ1) is 5.83. The van der Waals surface area contributed by atoms with Crippen LogP contribution < -0.4 is 0 Å². The van der Waals surface area contributed by atoms with E-state index in [-0.39, 0.29) is 5.60 Å². The van der Waals surface area contributed by atoms with Crippen molar-refractivity contribution < 1.29 is 9.47 Å². The van der Waals surface area contributed by atoms with Crippen molar-refractivity contribution >= 4 is 22.6 Å². The van der Waals surface area contributed by atoms with Crippen molar-refractivity contribution in [3.8, 4) is 0 Å². The zero-order valence-corrected chi connectivity index (χ0v) is 9.54. The molecule has 0 saturated carbocycles. The van der Waals surface area contributed by atoms with E-state index in [9.17, 15) is 0 Å². The number of alkyl halides is 1. The minimum absolute atomic E-state index is 0.0383. The molecule has 1 heterocycles. The molecule has 12 heavy (non-hydrogen) atoms. The molecule has 1 aliphatic heterocycles. The average Bonchev–Trinajstić information content (AvgIpc) is 2.16. The Labute approximate surface area is 87.5 Å². The standard InChI is InChI=1S/C9H15IO2/c1-11-9(3-2-6-10)4-7-12-8-5-9/h2-3H,4-8H2,1H3. The van der Waals surface area contributed by atoms with Crippen LogP contribution in [0, 0.1) is 0 Å². The van der Waals surface area contributed by atoms with E-state index in [1.807, 2.05) is 0 Å². The molecular weight excluding hydrogens is 267 g/mol. The molecule has 1 aliphatic rings. The summed E-state index contributed by atoms with van der Waals surface area (Å²) in [5.41, 5.74) is -0.0383. The van der Waals surface area contributed by atoms with Gasteiger partial charge in [0.15, 0.2) is 0 Å². The van der Waals surface area contributed by atoms with E-state index in [1.165, 1.54) is 0 Å². The van der Waals surface area contributed by atoms with Gasteiger partial charge in [-0.15, -0.1) is 0 Å². The number of rotatable bonds is 3. The van der Waals surface area contributed by atoms with Gasteiger partial charge in [-0.3, -0.25) is 0 Å². The summed E-state index contributed by atoms with van der Waals surface area (Å²) in [6.07, 6.45) is 6.31. The Morgan fingerprint density at radius 1 is 1.50 bits per heavy atom. The second-order valence-corrected chi connectivity index (χ2v) is 3.82. The molecule has 0 amide bonds. The lowest BCUT2D eigenvalue weighted by Crippen LogP contribution is -2.36. The topological polar surface area (TPSA) is 18.5 Å². The van der Waals surface area contributed by atoms with Gasteiger partial charge in [0.05, 0.1) is 5.60 Å². The maximum absolute atomic E-state index is 5.51. The predicted octanol–water partition coefficient (Wildman–Crippen LogP) is 2.17. The third-order valence-corrected chi connectivity index (χ3v) is 2.76.